The minimum atomic E-state index is -1.26. The first kappa shape index (κ1) is 17.2. The van der Waals surface area contributed by atoms with Crippen LogP contribution in [0.3, 0.4) is 0 Å². The van der Waals surface area contributed by atoms with Gasteiger partial charge in [-0.25, -0.2) is 0 Å². The first-order valence-corrected chi connectivity index (χ1v) is 8.87. The predicted molar refractivity (Wildman–Crippen MR) is 93.4 cm³/mol. The maximum atomic E-state index is 12.6. The van der Waals surface area contributed by atoms with Crippen LogP contribution in [0.25, 0.3) is 0 Å². The molecule has 3 unspecified atom stereocenters. The van der Waals surface area contributed by atoms with Gasteiger partial charge in [0.1, 0.15) is 5.54 Å². The number of benzene rings is 1. The third-order valence-electron chi connectivity index (χ3n) is 5.33. The Morgan fingerprint density at radius 3 is 2.58 bits per heavy atom. The molecule has 2 fully saturated rings. The Kier molecular flexibility index (Phi) is 4.83. The van der Waals surface area contributed by atoms with Gasteiger partial charge >= 0.3 is 0 Å². The summed E-state index contributed by atoms with van der Waals surface area (Å²) in [6.45, 7) is 1.63. The van der Waals surface area contributed by atoms with Crippen molar-refractivity contribution in [2.75, 3.05) is 0 Å². The van der Waals surface area contributed by atoms with Gasteiger partial charge < -0.3 is 16.4 Å². The van der Waals surface area contributed by atoms with Crippen LogP contribution in [0, 0.1) is 5.92 Å². The lowest BCUT2D eigenvalue weighted by atomic mass is 9.87. The van der Waals surface area contributed by atoms with Crippen molar-refractivity contribution < 1.29 is 9.59 Å². The molecule has 0 spiro atoms. The average Bonchev–Trinajstić information content (AvgIpc) is 2.85. The van der Waals surface area contributed by atoms with E-state index in [0.29, 0.717) is 35.0 Å². The van der Waals surface area contributed by atoms with Gasteiger partial charge in [-0.3, -0.25) is 9.59 Å². The summed E-state index contributed by atoms with van der Waals surface area (Å²) in [5.41, 5.74) is 4.92. The van der Waals surface area contributed by atoms with E-state index >= 15 is 0 Å². The molecule has 130 valence electrons. The Morgan fingerprint density at radius 2 is 2.00 bits per heavy atom. The third-order valence-corrected chi connectivity index (χ3v) is 5.56. The number of carbonyl (C=O) groups excluding carboxylic acids is 2. The molecule has 6 heteroatoms. The lowest BCUT2D eigenvalue weighted by Crippen LogP contribution is -2.53. The van der Waals surface area contributed by atoms with E-state index in [1.165, 1.54) is 12.8 Å². The quantitative estimate of drug-likeness (QED) is 0.761. The number of carbonyl (C=O) groups is 2. The molecular weight excluding hydrogens is 326 g/mol. The van der Waals surface area contributed by atoms with Gasteiger partial charge in [0.05, 0.1) is 0 Å². The largest absolute Gasteiger partial charge is 0.367 e. The minimum Gasteiger partial charge on any atom is -0.367 e. The van der Waals surface area contributed by atoms with Crippen molar-refractivity contribution in [3.63, 3.8) is 0 Å². The second kappa shape index (κ2) is 6.73. The zero-order valence-electron chi connectivity index (χ0n) is 13.8. The van der Waals surface area contributed by atoms with Crippen molar-refractivity contribution in [1.82, 2.24) is 10.6 Å². The van der Waals surface area contributed by atoms with Crippen LogP contribution in [-0.2, 0) is 15.1 Å². The van der Waals surface area contributed by atoms with E-state index in [1.54, 1.807) is 31.2 Å². The van der Waals surface area contributed by atoms with Gasteiger partial charge in [0.2, 0.25) is 11.8 Å². The zero-order chi connectivity index (χ0) is 17.3. The summed E-state index contributed by atoms with van der Waals surface area (Å²) < 4.78 is 0. The molecule has 2 aliphatic heterocycles. The van der Waals surface area contributed by atoms with Crippen molar-refractivity contribution in [1.29, 1.82) is 0 Å². The van der Waals surface area contributed by atoms with Crippen LogP contribution < -0.4 is 16.4 Å². The summed E-state index contributed by atoms with van der Waals surface area (Å²) in [6.07, 6.45) is 4.87. The molecule has 1 aromatic rings. The van der Waals surface area contributed by atoms with E-state index in [9.17, 15) is 9.59 Å². The first-order valence-electron chi connectivity index (χ1n) is 8.50. The SMILES string of the molecule is CC(NC(=O)CC1CC2CCC(C1)N2)(C(N)=O)c1cccc(Cl)c1. The van der Waals surface area contributed by atoms with Crippen LogP contribution >= 0.6 is 11.6 Å². The van der Waals surface area contributed by atoms with Gasteiger partial charge in [-0.15, -0.1) is 0 Å². The topological polar surface area (TPSA) is 84.2 Å². The lowest BCUT2D eigenvalue weighted by molar-refractivity contribution is -0.132. The fourth-order valence-electron chi connectivity index (χ4n) is 4.01. The van der Waals surface area contributed by atoms with Crippen molar-refractivity contribution >= 4 is 23.4 Å². The Hall–Kier alpha value is -1.59. The normalized spacial score (nSPS) is 28.2. The van der Waals surface area contributed by atoms with Gasteiger partial charge in [0, 0.05) is 23.5 Å². The summed E-state index contributed by atoms with van der Waals surface area (Å²) in [4.78, 5) is 24.6. The monoisotopic (exact) mass is 349 g/mol. The van der Waals surface area contributed by atoms with Crippen LogP contribution in [0.4, 0.5) is 0 Å². The van der Waals surface area contributed by atoms with E-state index in [-0.39, 0.29) is 5.91 Å². The molecule has 0 radical (unpaired) electrons. The van der Waals surface area contributed by atoms with Gasteiger partial charge in [-0.1, -0.05) is 23.7 Å². The number of piperidine rings is 1. The third kappa shape index (κ3) is 3.57. The molecule has 0 aromatic heterocycles. The fraction of sp³-hybridized carbons (Fsp3) is 0.556. The highest BCUT2D eigenvalue weighted by atomic mass is 35.5. The van der Waals surface area contributed by atoms with Gasteiger partial charge in [-0.05, 0) is 56.2 Å². The highest BCUT2D eigenvalue weighted by Gasteiger charge is 2.38. The number of nitrogens with two attached hydrogens (primary N) is 1. The number of nitrogens with one attached hydrogen (secondary N) is 2. The Labute approximate surface area is 147 Å². The molecule has 0 saturated carbocycles. The molecule has 5 nitrogen and oxygen atoms in total. The molecule has 3 atom stereocenters. The van der Waals surface area contributed by atoms with Crippen LogP contribution in [-0.4, -0.2) is 23.9 Å². The predicted octanol–water partition coefficient (Wildman–Crippen LogP) is 2.08. The number of rotatable bonds is 5. The van der Waals surface area contributed by atoms with Crippen molar-refractivity contribution in [3.8, 4) is 0 Å². The second-order valence-corrected chi connectivity index (χ2v) is 7.66. The van der Waals surface area contributed by atoms with Gasteiger partial charge in [0.25, 0.3) is 0 Å². The minimum absolute atomic E-state index is 0.137. The molecule has 1 aromatic carbocycles. The van der Waals surface area contributed by atoms with Gasteiger partial charge in [-0.2, -0.15) is 0 Å². The van der Waals surface area contributed by atoms with E-state index in [1.807, 2.05) is 0 Å². The maximum Gasteiger partial charge on any atom is 0.247 e. The van der Waals surface area contributed by atoms with Gasteiger partial charge in [0.15, 0.2) is 0 Å². The standard InChI is InChI=1S/C18H24ClN3O2/c1-18(17(20)24,12-3-2-4-13(19)10-12)22-16(23)9-11-7-14-5-6-15(8-11)21-14/h2-4,10-11,14-15,21H,5-9H2,1H3,(H2,20,24)(H,22,23). The zero-order valence-corrected chi connectivity index (χ0v) is 14.6. The molecule has 2 aliphatic rings. The van der Waals surface area contributed by atoms with E-state index < -0.39 is 11.4 Å². The fourth-order valence-corrected chi connectivity index (χ4v) is 4.20. The average molecular weight is 350 g/mol. The van der Waals surface area contributed by atoms with Crippen LogP contribution in [0.2, 0.25) is 5.02 Å². The van der Waals surface area contributed by atoms with E-state index in [2.05, 4.69) is 10.6 Å². The first-order chi connectivity index (χ1) is 11.4. The Balaban J connectivity index is 1.69. The molecule has 2 heterocycles. The second-order valence-electron chi connectivity index (χ2n) is 7.23. The molecule has 2 saturated heterocycles. The highest BCUT2D eigenvalue weighted by molar-refractivity contribution is 6.30. The van der Waals surface area contributed by atoms with Crippen LogP contribution in [0.1, 0.15) is 44.6 Å². The van der Waals surface area contributed by atoms with E-state index in [0.717, 1.165) is 12.8 Å². The Bertz CT molecular complexity index is 639. The number of hydrogen-bond acceptors (Lipinski definition) is 3. The molecule has 2 amide bonds. The number of halogens is 1. The summed E-state index contributed by atoms with van der Waals surface area (Å²) >= 11 is 6.02. The molecule has 4 N–H and O–H groups in total. The smallest absolute Gasteiger partial charge is 0.247 e. The van der Waals surface area contributed by atoms with Crippen LogP contribution in [0.5, 0.6) is 0 Å². The molecule has 3 rings (SSSR count). The summed E-state index contributed by atoms with van der Waals surface area (Å²) in [7, 11) is 0. The Morgan fingerprint density at radius 1 is 1.33 bits per heavy atom. The molecule has 0 aliphatic carbocycles. The summed E-state index contributed by atoms with van der Waals surface area (Å²) in [6, 6.07) is 7.96. The van der Waals surface area contributed by atoms with Crippen molar-refractivity contribution in [2.45, 2.75) is 56.7 Å². The molecule has 2 bridgehead atoms. The maximum absolute atomic E-state index is 12.6. The summed E-state index contributed by atoms with van der Waals surface area (Å²) in [5.74, 6) is -0.369. The van der Waals surface area contributed by atoms with Crippen LogP contribution in [0.15, 0.2) is 24.3 Å². The molecular formula is C18H24ClN3O2. The summed E-state index contributed by atoms with van der Waals surface area (Å²) in [5, 5.41) is 6.92. The van der Waals surface area contributed by atoms with Crippen molar-refractivity contribution in [3.05, 3.63) is 34.9 Å². The number of hydrogen-bond donors (Lipinski definition) is 3. The molecule has 24 heavy (non-hydrogen) atoms. The number of amides is 2. The number of primary amides is 1. The van der Waals surface area contributed by atoms with E-state index in [4.69, 9.17) is 17.3 Å². The number of fused-ring (bicyclic) bond motifs is 2. The van der Waals surface area contributed by atoms with Crippen molar-refractivity contribution in [2.24, 2.45) is 11.7 Å². The lowest BCUT2D eigenvalue weighted by Gasteiger charge is -2.31. The highest BCUT2D eigenvalue weighted by Crippen LogP contribution is 2.33.